The second-order valence-electron chi connectivity index (χ2n) is 6.71. The number of carbonyl (C=O) groups excluding carboxylic acids is 1. The van der Waals surface area contributed by atoms with E-state index in [0.717, 1.165) is 22.2 Å². The van der Waals surface area contributed by atoms with Crippen LogP contribution in [0.4, 0.5) is 5.95 Å². The van der Waals surface area contributed by atoms with Gasteiger partial charge >= 0.3 is 0 Å². The van der Waals surface area contributed by atoms with E-state index < -0.39 is 6.29 Å². The number of tetrazole rings is 1. The molecule has 2 unspecified atom stereocenters. The second-order valence-corrected chi connectivity index (χ2v) is 7.70. The Kier molecular flexibility index (Phi) is 5.09. The van der Waals surface area contributed by atoms with Gasteiger partial charge in [0, 0.05) is 30.6 Å². The van der Waals surface area contributed by atoms with E-state index in [0.29, 0.717) is 23.3 Å². The number of nitrogens with one attached hydrogen (secondary N) is 3. The molecular formula is C17H21N9OS. The highest BCUT2D eigenvalue weighted by molar-refractivity contribution is 7.99. The molecule has 1 saturated heterocycles. The van der Waals surface area contributed by atoms with Crippen LogP contribution in [0.5, 0.6) is 0 Å². The third kappa shape index (κ3) is 3.90. The van der Waals surface area contributed by atoms with Crippen molar-refractivity contribution < 1.29 is 4.79 Å². The predicted octanol–water partition coefficient (Wildman–Crippen LogP) is 0.736. The third-order valence-electron chi connectivity index (χ3n) is 4.53. The van der Waals surface area contributed by atoms with Crippen LogP contribution in [0.1, 0.15) is 17.7 Å². The summed E-state index contributed by atoms with van der Waals surface area (Å²) in [6, 6.07) is 6.00. The summed E-state index contributed by atoms with van der Waals surface area (Å²) in [5.41, 5.74) is 2.87. The molecule has 1 amide bonds. The van der Waals surface area contributed by atoms with Gasteiger partial charge < -0.3 is 10.6 Å². The Morgan fingerprint density at radius 2 is 2.18 bits per heavy atom. The molecular weight excluding hydrogens is 378 g/mol. The van der Waals surface area contributed by atoms with Crippen LogP contribution < -0.4 is 16.0 Å². The molecule has 146 valence electrons. The van der Waals surface area contributed by atoms with E-state index in [4.69, 9.17) is 0 Å². The van der Waals surface area contributed by atoms with E-state index >= 15 is 0 Å². The number of amides is 1. The van der Waals surface area contributed by atoms with Crippen molar-refractivity contribution in [3.05, 3.63) is 29.5 Å². The predicted molar refractivity (Wildman–Crippen MR) is 106 cm³/mol. The maximum atomic E-state index is 12.1. The maximum absolute atomic E-state index is 12.1. The van der Waals surface area contributed by atoms with Crippen molar-refractivity contribution in [1.29, 1.82) is 0 Å². The van der Waals surface area contributed by atoms with Crippen molar-refractivity contribution in [2.24, 2.45) is 7.05 Å². The minimum absolute atomic E-state index is 0.0313. The molecule has 2 atom stereocenters. The average Bonchev–Trinajstić information content (AvgIpc) is 3.05. The first-order valence-corrected chi connectivity index (χ1v) is 9.89. The van der Waals surface area contributed by atoms with Crippen LogP contribution in [-0.4, -0.2) is 54.2 Å². The Hall–Kier alpha value is -2.79. The fraction of sp³-hybridized carbons (Fsp3) is 0.412. The monoisotopic (exact) mass is 399 g/mol. The first-order valence-electron chi connectivity index (χ1n) is 8.90. The molecule has 0 spiro atoms. The average molecular weight is 399 g/mol. The molecule has 1 aromatic carbocycles. The van der Waals surface area contributed by atoms with Crippen molar-refractivity contribution >= 4 is 34.5 Å². The van der Waals surface area contributed by atoms with E-state index in [1.807, 2.05) is 32.0 Å². The third-order valence-corrected chi connectivity index (χ3v) is 5.70. The molecule has 3 heterocycles. The van der Waals surface area contributed by atoms with Crippen molar-refractivity contribution in [3.8, 4) is 0 Å². The molecule has 0 radical (unpaired) electrons. The van der Waals surface area contributed by atoms with E-state index in [9.17, 15) is 4.79 Å². The minimum Gasteiger partial charge on any atom is -0.323 e. The largest absolute Gasteiger partial charge is 0.323 e. The molecule has 2 aromatic heterocycles. The van der Waals surface area contributed by atoms with Gasteiger partial charge in [-0.1, -0.05) is 30.0 Å². The van der Waals surface area contributed by atoms with Gasteiger partial charge in [0.2, 0.25) is 17.0 Å². The Bertz CT molecular complexity index is 1020. The van der Waals surface area contributed by atoms with Gasteiger partial charge in [-0.25, -0.2) is 14.6 Å². The molecule has 0 saturated carbocycles. The van der Waals surface area contributed by atoms with E-state index in [-0.39, 0.29) is 11.9 Å². The number of anilines is 1. The number of hydrogen-bond acceptors (Lipinski definition) is 9. The van der Waals surface area contributed by atoms with Crippen molar-refractivity contribution in [3.63, 3.8) is 0 Å². The highest BCUT2D eigenvalue weighted by atomic mass is 32.2. The number of hydrogen-bond donors (Lipinski definition) is 3. The zero-order chi connectivity index (χ0) is 19.7. The second kappa shape index (κ2) is 7.68. The van der Waals surface area contributed by atoms with Crippen LogP contribution in [0.3, 0.4) is 0 Å². The van der Waals surface area contributed by atoms with E-state index in [2.05, 4.69) is 41.4 Å². The normalized spacial score (nSPS) is 19.6. The van der Waals surface area contributed by atoms with Crippen LogP contribution in [-0.2, 0) is 11.8 Å². The molecule has 28 heavy (non-hydrogen) atoms. The summed E-state index contributed by atoms with van der Waals surface area (Å²) in [6.45, 7) is 3.98. The molecule has 11 heteroatoms. The quantitative estimate of drug-likeness (QED) is 0.533. The zero-order valence-electron chi connectivity index (χ0n) is 15.8. The number of thioether (sulfide) groups is 1. The summed E-state index contributed by atoms with van der Waals surface area (Å²) in [7, 11) is 1.79. The van der Waals surface area contributed by atoms with Crippen molar-refractivity contribution in [1.82, 2.24) is 40.8 Å². The number of aromatic nitrogens is 6. The van der Waals surface area contributed by atoms with Gasteiger partial charge in [-0.3, -0.25) is 10.1 Å². The van der Waals surface area contributed by atoms with Gasteiger partial charge in [0.1, 0.15) is 0 Å². The Labute approximate surface area is 165 Å². The van der Waals surface area contributed by atoms with Crippen molar-refractivity contribution in [2.45, 2.75) is 37.8 Å². The minimum atomic E-state index is -0.453. The van der Waals surface area contributed by atoms with Crippen LogP contribution in [0.25, 0.3) is 10.9 Å². The molecule has 1 fully saturated rings. The van der Waals surface area contributed by atoms with E-state index in [1.54, 1.807) is 11.7 Å². The molecule has 3 aromatic rings. The SMILES string of the molecule is Cc1nc(NC2NC(=O)CC(CSc3nnnn3C)N2)nc2c(C)cccc12. The summed E-state index contributed by atoms with van der Waals surface area (Å²) in [4.78, 5) is 21.3. The lowest BCUT2D eigenvalue weighted by molar-refractivity contribution is -0.123. The Balaban J connectivity index is 1.46. The molecule has 10 nitrogen and oxygen atoms in total. The highest BCUT2D eigenvalue weighted by Gasteiger charge is 2.27. The molecule has 4 rings (SSSR count). The number of rotatable bonds is 5. The Morgan fingerprint density at radius 1 is 1.32 bits per heavy atom. The number of fused-ring (bicyclic) bond motifs is 1. The summed E-state index contributed by atoms with van der Waals surface area (Å²) in [5, 5.41) is 22.6. The zero-order valence-corrected chi connectivity index (χ0v) is 16.6. The van der Waals surface area contributed by atoms with Crippen LogP contribution in [0.15, 0.2) is 23.4 Å². The van der Waals surface area contributed by atoms with Crippen LogP contribution in [0, 0.1) is 13.8 Å². The lowest BCUT2D eigenvalue weighted by Crippen LogP contribution is -2.60. The number of carbonyl (C=O) groups is 1. The summed E-state index contributed by atoms with van der Waals surface area (Å²) < 4.78 is 1.61. The van der Waals surface area contributed by atoms with Gasteiger partial charge in [-0.2, -0.15) is 0 Å². The van der Waals surface area contributed by atoms with Gasteiger partial charge in [0.05, 0.1) is 11.2 Å². The fourth-order valence-corrected chi connectivity index (χ4v) is 4.01. The fourth-order valence-electron chi connectivity index (χ4n) is 3.13. The molecule has 1 aliphatic heterocycles. The summed E-state index contributed by atoms with van der Waals surface area (Å²) in [6.07, 6.45) is -0.0713. The van der Waals surface area contributed by atoms with Crippen LogP contribution >= 0.6 is 11.8 Å². The lowest BCUT2D eigenvalue weighted by Gasteiger charge is -2.31. The standard InChI is InChI=1S/C17H21N9OS/c1-9-5-4-6-12-10(2)18-15(21-14(9)12)22-16-19-11(7-13(27)20-16)8-28-17-23-24-25-26(17)3/h4-6,11,16,19H,7-8H2,1-3H3,(H,20,27)(H,18,21,22). The molecule has 1 aliphatic rings. The van der Waals surface area contributed by atoms with E-state index in [1.165, 1.54) is 11.8 Å². The van der Waals surface area contributed by atoms with Gasteiger partial charge in [0.25, 0.3) is 0 Å². The first-order chi connectivity index (χ1) is 13.5. The highest BCUT2D eigenvalue weighted by Crippen LogP contribution is 2.21. The van der Waals surface area contributed by atoms with Gasteiger partial charge in [0.15, 0.2) is 6.29 Å². The number of aryl methyl sites for hydroxylation is 3. The number of benzene rings is 1. The topological polar surface area (TPSA) is 123 Å². The first kappa shape index (κ1) is 18.6. The summed E-state index contributed by atoms with van der Waals surface area (Å²) >= 11 is 1.50. The molecule has 3 N–H and O–H groups in total. The number of para-hydroxylation sites is 1. The molecule has 0 aliphatic carbocycles. The van der Waals surface area contributed by atoms with Gasteiger partial charge in [-0.15, -0.1) is 5.10 Å². The molecule has 0 bridgehead atoms. The lowest BCUT2D eigenvalue weighted by atomic mass is 10.1. The van der Waals surface area contributed by atoms with Crippen LogP contribution in [0.2, 0.25) is 0 Å². The van der Waals surface area contributed by atoms with Gasteiger partial charge in [-0.05, 0) is 29.8 Å². The summed E-state index contributed by atoms with van der Waals surface area (Å²) in [5.74, 6) is 1.10. The number of nitrogens with zero attached hydrogens (tertiary/aromatic N) is 6. The Morgan fingerprint density at radius 3 is 2.96 bits per heavy atom. The van der Waals surface area contributed by atoms with Crippen molar-refractivity contribution in [2.75, 3.05) is 11.1 Å². The maximum Gasteiger partial charge on any atom is 0.226 e. The smallest absolute Gasteiger partial charge is 0.226 e.